The van der Waals surface area contributed by atoms with Crippen molar-refractivity contribution in [1.29, 1.82) is 0 Å². The van der Waals surface area contributed by atoms with Gasteiger partial charge in [-0.25, -0.2) is 0 Å². The second kappa shape index (κ2) is 39.3. The average Bonchev–Trinajstić information content (AvgIpc) is 3.11. The first kappa shape index (κ1) is 50.6. The standard InChI is InChI=1S/C45H85NO5S/c1-3-5-7-9-11-13-15-17-19-20-21-22-23-24-25-26-27-29-31-33-35-37-39-41-45(48)46-43(42-52(49,50)51)44(47)40-38-36-34-32-30-28-18-16-14-12-10-8-6-4-2/h20-21,30,32,38,40,43-44,47H,3-19,22-29,31,33-37,39,41-42H2,1-2H3,(H,46,48)(H,49,50,51)/b21-20-,32-30+,40-38+. The van der Waals surface area contributed by atoms with Crippen molar-refractivity contribution in [2.75, 3.05) is 5.75 Å². The van der Waals surface area contributed by atoms with E-state index in [1.54, 1.807) is 0 Å². The summed E-state index contributed by atoms with van der Waals surface area (Å²) in [6.07, 6.45) is 51.4. The molecular formula is C45H85NO5S. The molecule has 1 amide bonds. The highest BCUT2D eigenvalue weighted by atomic mass is 32.2. The lowest BCUT2D eigenvalue weighted by Crippen LogP contribution is -2.46. The third-order valence-corrected chi connectivity index (χ3v) is 10.8. The molecule has 0 aliphatic heterocycles. The van der Waals surface area contributed by atoms with Crippen LogP contribution >= 0.6 is 0 Å². The van der Waals surface area contributed by atoms with Gasteiger partial charge < -0.3 is 10.4 Å². The Kier molecular flexibility index (Phi) is 38.2. The van der Waals surface area contributed by atoms with Crippen LogP contribution < -0.4 is 5.32 Å². The molecule has 3 N–H and O–H groups in total. The molecular weight excluding hydrogens is 667 g/mol. The summed E-state index contributed by atoms with van der Waals surface area (Å²) in [7, 11) is -4.35. The van der Waals surface area contributed by atoms with Crippen LogP contribution in [-0.4, -0.2) is 41.9 Å². The normalized spacial score (nSPS) is 13.5. The molecule has 2 atom stereocenters. The van der Waals surface area contributed by atoms with E-state index < -0.39 is 28.0 Å². The predicted molar refractivity (Wildman–Crippen MR) is 225 cm³/mol. The van der Waals surface area contributed by atoms with Crippen molar-refractivity contribution in [3.8, 4) is 0 Å². The number of aliphatic hydroxyl groups excluding tert-OH is 1. The van der Waals surface area contributed by atoms with Gasteiger partial charge in [0, 0.05) is 6.42 Å². The van der Waals surface area contributed by atoms with Gasteiger partial charge in [0.15, 0.2) is 0 Å². The minimum absolute atomic E-state index is 0.288. The highest BCUT2D eigenvalue weighted by Crippen LogP contribution is 2.14. The molecule has 2 unspecified atom stereocenters. The Morgan fingerprint density at radius 1 is 0.500 bits per heavy atom. The molecule has 0 bridgehead atoms. The number of rotatable bonds is 40. The Bertz CT molecular complexity index is 961. The van der Waals surface area contributed by atoms with Gasteiger partial charge in [-0.05, 0) is 57.8 Å². The Morgan fingerprint density at radius 2 is 0.827 bits per heavy atom. The molecule has 0 aromatic carbocycles. The number of hydrogen-bond donors (Lipinski definition) is 3. The van der Waals surface area contributed by atoms with Crippen molar-refractivity contribution < 1.29 is 22.9 Å². The van der Waals surface area contributed by atoms with Crippen LogP contribution in [0.1, 0.15) is 226 Å². The molecule has 0 rings (SSSR count). The zero-order chi connectivity index (χ0) is 38.2. The monoisotopic (exact) mass is 752 g/mol. The van der Waals surface area contributed by atoms with E-state index >= 15 is 0 Å². The lowest BCUT2D eigenvalue weighted by atomic mass is 10.0. The molecule has 0 aromatic heterocycles. The molecule has 0 aliphatic carbocycles. The first-order valence-electron chi connectivity index (χ1n) is 22.2. The van der Waals surface area contributed by atoms with Gasteiger partial charge in [-0.3, -0.25) is 9.35 Å². The van der Waals surface area contributed by atoms with Crippen LogP contribution in [0.15, 0.2) is 36.5 Å². The van der Waals surface area contributed by atoms with Crippen molar-refractivity contribution in [2.45, 2.75) is 238 Å². The van der Waals surface area contributed by atoms with Crippen LogP contribution in [-0.2, 0) is 14.9 Å². The second-order valence-corrected chi connectivity index (χ2v) is 16.8. The van der Waals surface area contributed by atoms with Gasteiger partial charge in [0.25, 0.3) is 10.1 Å². The van der Waals surface area contributed by atoms with Crippen molar-refractivity contribution in [1.82, 2.24) is 5.32 Å². The molecule has 306 valence electrons. The van der Waals surface area contributed by atoms with Gasteiger partial charge in [0.1, 0.15) is 0 Å². The zero-order valence-electron chi connectivity index (χ0n) is 34.2. The van der Waals surface area contributed by atoms with Crippen LogP contribution in [0.5, 0.6) is 0 Å². The summed E-state index contributed by atoms with van der Waals surface area (Å²) < 4.78 is 32.5. The minimum atomic E-state index is -4.35. The molecule has 0 aliphatic rings. The van der Waals surface area contributed by atoms with Crippen molar-refractivity contribution in [2.24, 2.45) is 0 Å². The Labute approximate surface area is 323 Å². The molecule has 7 heteroatoms. The highest BCUT2D eigenvalue weighted by Gasteiger charge is 2.24. The van der Waals surface area contributed by atoms with E-state index in [9.17, 15) is 22.9 Å². The molecule has 0 fully saturated rings. The number of allylic oxidation sites excluding steroid dienone is 5. The summed E-state index contributed by atoms with van der Waals surface area (Å²) in [6, 6.07) is -1.07. The molecule has 0 saturated carbocycles. The summed E-state index contributed by atoms with van der Waals surface area (Å²) in [6.45, 7) is 4.52. The smallest absolute Gasteiger partial charge is 0.267 e. The number of hydrogen-bond acceptors (Lipinski definition) is 4. The first-order valence-corrected chi connectivity index (χ1v) is 23.8. The average molecular weight is 752 g/mol. The molecule has 0 radical (unpaired) electrons. The lowest BCUT2D eigenvalue weighted by Gasteiger charge is -2.21. The van der Waals surface area contributed by atoms with Crippen LogP contribution in [0, 0.1) is 0 Å². The van der Waals surface area contributed by atoms with Crippen LogP contribution in [0.3, 0.4) is 0 Å². The van der Waals surface area contributed by atoms with E-state index in [1.165, 1.54) is 173 Å². The first-order chi connectivity index (χ1) is 25.3. The molecule has 0 heterocycles. The third-order valence-electron chi connectivity index (χ3n) is 10.0. The maximum atomic E-state index is 12.5. The van der Waals surface area contributed by atoms with Crippen molar-refractivity contribution in [3.05, 3.63) is 36.5 Å². The fourth-order valence-corrected chi connectivity index (χ4v) is 7.43. The maximum absolute atomic E-state index is 12.5. The quantitative estimate of drug-likeness (QED) is 0.0328. The summed E-state index contributed by atoms with van der Waals surface area (Å²) in [4.78, 5) is 12.5. The lowest BCUT2D eigenvalue weighted by molar-refractivity contribution is -0.122. The van der Waals surface area contributed by atoms with E-state index in [4.69, 9.17) is 0 Å². The number of nitrogens with one attached hydrogen (secondary N) is 1. The topological polar surface area (TPSA) is 104 Å². The SMILES string of the molecule is CCCCCCCCCC/C=C\CCCCCCCCCCCCCC(=O)NC(CS(=O)(=O)O)C(O)/C=C/CC/C=C/CCCCCCCCCC. The van der Waals surface area contributed by atoms with E-state index in [2.05, 4.69) is 43.5 Å². The fourth-order valence-electron chi connectivity index (χ4n) is 6.70. The van der Waals surface area contributed by atoms with E-state index in [0.29, 0.717) is 0 Å². The predicted octanol–water partition coefficient (Wildman–Crippen LogP) is 13.3. The number of carbonyl (C=O) groups excluding carboxylic acids is 1. The van der Waals surface area contributed by atoms with Gasteiger partial charge in [0.2, 0.25) is 5.91 Å². The number of carbonyl (C=O) groups is 1. The summed E-state index contributed by atoms with van der Waals surface area (Å²) in [5.41, 5.74) is 0. The van der Waals surface area contributed by atoms with Gasteiger partial charge in [0.05, 0.1) is 17.9 Å². The molecule has 0 saturated heterocycles. The van der Waals surface area contributed by atoms with Crippen LogP contribution in [0.2, 0.25) is 0 Å². The maximum Gasteiger partial charge on any atom is 0.267 e. The summed E-state index contributed by atoms with van der Waals surface area (Å²) in [5, 5.41) is 13.2. The number of amides is 1. The van der Waals surface area contributed by atoms with Gasteiger partial charge >= 0.3 is 0 Å². The van der Waals surface area contributed by atoms with Gasteiger partial charge in [-0.2, -0.15) is 8.42 Å². The van der Waals surface area contributed by atoms with Gasteiger partial charge in [-0.15, -0.1) is 0 Å². The summed E-state index contributed by atoms with van der Waals surface area (Å²) >= 11 is 0. The van der Waals surface area contributed by atoms with Crippen molar-refractivity contribution in [3.63, 3.8) is 0 Å². The Balaban J connectivity index is 3.85. The van der Waals surface area contributed by atoms with Crippen LogP contribution in [0.25, 0.3) is 0 Å². The third kappa shape index (κ3) is 39.8. The van der Waals surface area contributed by atoms with E-state index in [1.807, 2.05) is 6.08 Å². The number of aliphatic hydroxyl groups is 1. The van der Waals surface area contributed by atoms with E-state index in [-0.39, 0.29) is 12.3 Å². The van der Waals surface area contributed by atoms with Crippen LogP contribution in [0.4, 0.5) is 0 Å². The largest absolute Gasteiger partial charge is 0.387 e. The highest BCUT2D eigenvalue weighted by molar-refractivity contribution is 7.85. The molecule has 0 aromatic rings. The summed E-state index contributed by atoms with van der Waals surface area (Å²) in [5.74, 6) is -0.997. The van der Waals surface area contributed by atoms with Crippen molar-refractivity contribution >= 4 is 16.0 Å². The van der Waals surface area contributed by atoms with E-state index in [0.717, 1.165) is 38.5 Å². The molecule has 6 nitrogen and oxygen atoms in total. The molecule has 52 heavy (non-hydrogen) atoms. The van der Waals surface area contributed by atoms with Gasteiger partial charge in [-0.1, -0.05) is 198 Å². The molecule has 0 spiro atoms. The minimum Gasteiger partial charge on any atom is -0.387 e. The fraction of sp³-hybridized carbons (Fsp3) is 0.844. The zero-order valence-corrected chi connectivity index (χ0v) is 35.0. The second-order valence-electron chi connectivity index (χ2n) is 15.3. The number of unbranched alkanes of at least 4 members (excludes halogenated alkanes) is 28. The Morgan fingerprint density at radius 3 is 1.21 bits per heavy atom. The Hall–Kier alpha value is -1.44.